The van der Waals surface area contributed by atoms with E-state index in [0.29, 0.717) is 28.4 Å². The summed E-state index contributed by atoms with van der Waals surface area (Å²) in [4.78, 5) is 32.7. The molecule has 0 radical (unpaired) electrons. The summed E-state index contributed by atoms with van der Waals surface area (Å²) in [6.45, 7) is 5.13. The van der Waals surface area contributed by atoms with E-state index < -0.39 is 23.8 Å². The lowest BCUT2D eigenvalue weighted by atomic mass is 9.96. The molecule has 4 aromatic rings. The predicted octanol–water partition coefficient (Wildman–Crippen LogP) is 3.26. The number of benzene rings is 1. The molecule has 0 fully saturated rings. The summed E-state index contributed by atoms with van der Waals surface area (Å²) in [5.41, 5.74) is 7.07. The quantitative estimate of drug-likeness (QED) is 0.342. The van der Waals surface area contributed by atoms with Gasteiger partial charge in [-0.15, -0.1) is 0 Å². The molecule has 0 saturated heterocycles. The van der Waals surface area contributed by atoms with E-state index in [4.69, 9.17) is 13.8 Å². The highest BCUT2D eigenvalue weighted by molar-refractivity contribution is 5.92. The van der Waals surface area contributed by atoms with Crippen LogP contribution in [0, 0.1) is 19.7 Å². The van der Waals surface area contributed by atoms with Crippen LogP contribution in [0.5, 0.6) is 5.88 Å². The second-order valence-corrected chi connectivity index (χ2v) is 7.73. The Labute approximate surface area is 204 Å². The topological polar surface area (TPSA) is 157 Å². The molecule has 12 nitrogen and oxygen atoms in total. The number of urea groups is 1. The monoisotopic (exact) mass is 495 g/mol. The van der Waals surface area contributed by atoms with E-state index in [1.807, 2.05) is 25.1 Å². The first kappa shape index (κ1) is 24.3. The standard InChI is InChI=1S/C23H22FN7O5/c1-11-6-5-7-15(19(11)21-27-13(3)35-31-21)14-8-16(24)20(25-10-14)12(2)26-23(33)29-28-22(32)17-9-18(34-4)30-36-17/h5-10,12H,1-4H3,(H,28,32)(H2,26,29,33)/t12-/m1/s1. The highest BCUT2D eigenvalue weighted by Crippen LogP contribution is 2.34. The second-order valence-electron chi connectivity index (χ2n) is 7.73. The van der Waals surface area contributed by atoms with Crippen molar-refractivity contribution in [3.05, 3.63) is 65.3 Å². The SMILES string of the molecule is COc1cc(C(=O)NNC(=O)N[C@H](C)c2ncc(-c3cccc(C)c3-c3noc(C)n3)cc2F)on1. The van der Waals surface area contributed by atoms with Crippen molar-refractivity contribution in [3.8, 4) is 28.4 Å². The number of methoxy groups -OCH3 is 1. The van der Waals surface area contributed by atoms with Crippen LogP contribution in [0.3, 0.4) is 0 Å². The Hall–Kier alpha value is -4.81. The van der Waals surface area contributed by atoms with Crippen LogP contribution in [0.15, 0.2) is 45.6 Å². The molecule has 0 aliphatic heterocycles. The summed E-state index contributed by atoms with van der Waals surface area (Å²) in [5.74, 6) is -0.650. The molecule has 13 heteroatoms. The van der Waals surface area contributed by atoms with Crippen LogP contribution in [-0.4, -0.2) is 39.3 Å². The van der Waals surface area contributed by atoms with Gasteiger partial charge in [-0.05, 0) is 36.2 Å². The fourth-order valence-corrected chi connectivity index (χ4v) is 3.46. The molecule has 3 heterocycles. The van der Waals surface area contributed by atoms with Crippen LogP contribution in [0.25, 0.3) is 22.5 Å². The smallest absolute Gasteiger partial charge is 0.334 e. The van der Waals surface area contributed by atoms with Gasteiger partial charge in [0.1, 0.15) is 5.82 Å². The molecule has 1 aromatic carbocycles. The summed E-state index contributed by atoms with van der Waals surface area (Å²) in [6, 6.07) is 6.50. The molecule has 1 atom stereocenters. The van der Waals surface area contributed by atoms with Crippen LogP contribution in [0.2, 0.25) is 0 Å². The molecular weight excluding hydrogens is 473 g/mol. The largest absolute Gasteiger partial charge is 0.479 e. The number of ether oxygens (including phenoxy) is 1. The normalized spacial score (nSPS) is 11.6. The van der Waals surface area contributed by atoms with E-state index in [2.05, 4.69) is 36.4 Å². The molecule has 186 valence electrons. The number of rotatable bonds is 6. The Balaban J connectivity index is 1.45. The number of amides is 3. The minimum Gasteiger partial charge on any atom is -0.479 e. The molecule has 3 N–H and O–H groups in total. The van der Waals surface area contributed by atoms with Gasteiger partial charge >= 0.3 is 11.9 Å². The van der Waals surface area contributed by atoms with Crippen molar-refractivity contribution in [2.75, 3.05) is 7.11 Å². The summed E-state index contributed by atoms with van der Waals surface area (Å²) >= 11 is 0. The number of nitrogens with one attached hydrogen (secondary N) is 3. The van der Waals surface area contributed by atoms with Crippen LogP contribution in [-0.2, 0) is 0 Å². The molecule has 36 heavy (non-hydrogen) atoms. The third kappa shape index (κ3) is 5.14. The van der Waals surface area contributed by atoms with Gasteiger partial charge in [-0.3, -0.25) is 15.2 Å². The second kappa shape index (κ2) is 10.2. The van der Waals surface area contributed by atoms with E-state index in [0.717, 1.165) is 5.56 Å². The van der Waals surface area contributed by atoms with Gasteiger partial charge in [-0.1, -0.05) is 23.4 Å². The Morgan fingerprint density at radius 1 is 1.11 bits per heavy atom. The number of hydrogen-bond acceptors (Lipinski definition) is 9. The van der Waals surface area contributed by atoms with E-state index in [1.54, 1.807) is 13.8 Å². The first-order valence-corrected chi connectivity index (χ1v) is 10.7. The minimum absolute atomic E-state index is 0.00445. The van der Waals surface area contributed by atoms with E-state index in [-0.39, 0.29) is 17.3 Å². The fraction of sp³-hybridized carbons (Fsp3) is 0.217. The van der Waals surface area contributed by atoms with Crippen molar-refractivity contribution in [1.82, 2.24) is 36.4 Å². The predicted molar refractivity (Wildman–Crippen MR) is 123 cm³/mol. The maximum Gasteiger partial charge on any atom is 0.334 e. The zero-order valence-electron chi connectivity index (χ0n) is 19.7. The molecule has 3 amide bonds. The molecule has 0 unspecified atom stereocenters. The number of aryl methyl sites for hydroxylation is 2. The third-order valence-electron chi connectivity index (χ3n) is 5.17. The fourth-order valence-electron chi connectivity index (χ4n) is 3.46. The van der Waals surface area contributed by atoms with Crippen molar-refractivity contribution in [1.29, 1.82) is 0 Å². The number of halogens is 1. The molecule has 0 spiro atoms. The van der Waals surface area contributed by atoms with E-state index in [1.165, 1.54) is 25.4 Å². The van der Waals surface area contributed by atoms with Crippen LogP contribution < -0.4 is 20.9 Å². The van der Waals surface area contributed by atoms with Crippen LogP contribution in [0.4, 0.5) is 9.18 Å². The van der Waals surface area contributed by atoms with Gasteiger partial charge in [0.25, 0.3) is 5.88 Å². The van der Waals surface area contributed by atoms with Crippen molar-refractivity contribution in [2.45, 2.75) is 26.8 Å². The van der Waals surface area contributed by atoms with Gasteiger partial charge < -0.3 is 19.1 Å². The molecule has 0 aliphatic rings. The number of hydrazine groups is 1. The van der Waals surface area contributed by atoms with Crippen molar-refractivity contribution < 1.29 is 27.8 Å². The van der Waals surface area contributed by atoms with Crippen LogP contribution >= 0.6 is 0 Å². The van der Waals surface area contributed by atoms with E-state index in [9.17, 15) is 9.59 Å². The molecular formula is C23H22FN7O5. The lowest BCUT2D eigenvalue weighted by molar-refractivity contribution is 0.0898. The molecule has 0 aliphatic carbocycles. The zero-order chi connectivity index (χ0) is 25.8. The number of aromatic nitrogens is 4. The maximum absolute atomic E-state index is 15.1. The number of nitrogens with zero attached hydrogens (tertiary/aromatic N) is 4. The van der Waals surface area contributed by atoms with E-state index >= 15 is 4.39 Å². The molecule has 0 bridgehead atoms. The highest BCUT2D eigenvalue weighted by atomic mass is 19.1. The van der Waals surface area contributed by atoms with Crippen molar-refractivity contribution in [2.24, 2.45) is 0 Å². The lowest BCUT2D eigenvalue weighted by Gasteiger charge is -2.16. The maximum atomic E-state index is 15.1. The molecule has 0 saturated carbocycles. The zero-order valence-corrected chi connectivity index (χ0v) is 19.7. The molecule has 3 aromatic heterocycles. The van der Waals surface area contributed by atoms with Crippen molar-refractivity contribution in [3.63, 3.8) is 0 Å². The Kier molecular flexibility index (Phi) is 6.90. The van der Waals surface area contributed by atoms with Gasteiger partial charge in [0, 0.05) is 24.2 Å². The van der Waals surface area contributed by atoms with Gasteiger partial charge in [0.15, 0.2) is 0 Å². The number of carbonyl (C=O) groups is 2. The Bertz CT molecular complexity index is 1420. The number of hydrogen-bond donors (Lipinski definition) is 3. The summed E-state index contributed by atoms with van der Waals surface area (Å²) < 4.78 is 29.8. The Morgan fingerprint density at radius 2 is 1.92 bits per heavy atom. The minimum atomic E-state index is -0.821. The summed E-state index contributed by atoms with van der Waals surface area (Å²) in [6.07, 6.45) is 1.50. The van der Waals surface area contributed by atoms with Crippen molar-refractivity contribution >= 4 is 11.9 Å². The Morgan fingerprint density at radius 3 is 2.58 bits per heavy atom. The highest BCUT2D eigenvalue weighted by Gasteiger charge is 2.20. The first-order valence-electron chi connectivity index (χ1n) is 10.7. The van der Waals surface area contributed by atoms with Gasteiger partial charge in [-0.2, -0.15) is 4.98 Å². The van der Waals surface area contributed by atoms with Crippen LogP contribution in [0.1, 0.15) is 40.7 Å². The lowest BCUT2D eigenvalue weighted by Crippen LogP contribution is -2.47. The number of pyridine rings is 1. The average molecular weight is 495 g/mol. The first-order chi connectivity index (χ1) is 17.3. The number of carbonyl (C=O) groups excluding carboxylic acids is 2. The van der Waals surface area contributed by atoms with Gasteiger partial charge in [0.05, 0.1) is 24.9 Å². The average Bonchev–Trinajstić information content (AvgIpc) is 3.51. The summed E-state index contributed by atoms with van der Waals surface area (Å²) in [7, 11) is 1.36. The van der Waals surface area contributed by atoms with Gasteiger partial charge in [0.2, 0.25) is 17.5 Å². The van der Waals surface area contributed by atoms with Gasteiger partial charge in [-0.25, -0.2) is 14.6 Å². The molecule has 4 rings (SSSR count). The third-order valence-corrected chi connectivity index (χ3v) is 5.17. The summed E-state index contributed by atoms with van der Waals surface area (Å²) in [5, 5.41) is 9.98.